The van der Waals surface area contributed by atoms with Crippen molar-refractivity contribution in [1.29, 1.82) is 0 Å². The van der Waals surface area contributed by atoms with Crippen LogP contribution in [0.5, 0.6) is 11.5 Å². The van der Waals surface area contributed by atoms with E-state index in [-0.39, 0.29) is 19.8 Å². The quantitative estimate of drug-likeness (QED) is 0.645. The Morgan fingerprint density at radius 2 is 1.74 bits per heavy atom. The first kappa shape index (κ1) is 15.3. The highest BCUT2D eigenvalue weighted by molar-refractivity contribution is 5.78. The fourth-order valence-electron chi connectivity index (χ4n) is 1.32. The average molecular weight is 269 g/mol. The lowest BCUT2D eigenvalue weighted by molar-refractivity contribution is -0.126. The largest absolute Gasteiger partial charge is 0.497 e. The number of aliphatic hydroxyl groups excluding tert-OH is 2. The number of aliphatic hydroxyl groups is 2. The molecular weight excluding hydrogens is 250 g/mol. The summed E-state index contributed by atoms with van der Waals surface area (Å²) in [7, 11) is 1.56. The van der Waals surface area contributed by atoms with Crippen LogP contribution in [0.3, 0.4) is 0 Å². The topological polar surface area (TPSA) is 88.0 Å². The van der Waals surface area contributed by atoms with Gasteiger partial charge in [-0.25, -0.2) is 0 Å². The zero-order valence-electron chi connectivity index (χ0n) is 11.0. The number of hydrogen-bond acceptors (Lipinski definition) is 5. The van der Waals surface area contributed by atoms with Crippen molar-refractivity contribution in [3.05, 3.63) is 24.3 Å². The first-order valence-electron chi connectivity index (χ1n) is 5.82. The third-order valence-corrected chi connectivity index (χ3v) is 2.57. The Labute approximate surface area is 112 Å². The molecule has 6 heteroatoms. The molecule has 19 heavy (non-hydrogen) atoms. The van der Waals surface area contributed by atoms with E-state index >= 15 is 0 Å². The van der Waals surface area contributed by atoms with Crippen molar-refractivity contribution < 1.29 is 24.5 Å². The van der Waals surface area contributed by atoms with Crippen LogP contribution in [-0.4, -0.2) is 48.6 Å². The molecule has 0 saturated carbocycles. The molecule has 1 amide bonds. The van der Waals surface area contributed by atoms with Gasteiger partial charge < -0.3 is 25.0 Å². The molecule has 0 heterocycles. The summed E-state index contributed by atoms with van der Waals surface area (Å²) in [6.45, 7) is 0.649. The van der Waals surface area contributed by atoms with Crippen molar-refractivity contribution in [3.63, 3.8) is 0 Å². The molecule has 0 aliphatic heterocycles. The summed E-state index contributed by atoms with van der Waals surface area (Å²) in [4.78, 5) is 11.6. The lowest BCUT2D eigenvalue weighted by atomic mass is 10.1. The molecule has 106 valence electrons. The van der Waals surface area contributed by atoms with Crippen LogP contribution in [0, 0.1) is 0 Å². The number of carbonyl (C=O) groups is 1. The molecule has 0 aromatic heterocycles. The van der Waals surface area contributed by atoms with Gasteiger partial charge in [-0.1, -0.05) is 0 Å². The summed E-state index contributed by atoms with van der Waals surface area (Å²) in [5.74, 6) is 0.817. The van der Waals surface area contributed by atoms with Gasteiger partial charge in [-0.2, -0.15) is 0 Å². The zero-order valence-corrected chi connectivity index (χ0v) is 11.0. The van der Waals surface area contributed by atoms with Crippen LogP contribution in [0.4, 0.5) is 0 Å². The van der Waals surface area contributed by atoms with Crippen LogP contribution in [0.15, 0.2) is 24.3 Å². The molecule has 0 unspecified atom stereocenters. The van der Waals surface area contributed by atoms with Crippen molar-refractivity contribution in [1.82, 2.24) is 5.32 Å². The fraction of sp³-hybridized carbons (Fsp3) is 0.462. The van der Waals surface area contributed by atoms with Gasteiger partial charge in [0.1, 0.15) is 11.5 Å². The third kappa shape index (κ3) is 4.76. The SMILES string of the molecule is COc1ccc(OCC(=O)NC(C)(CO)CO)cc1. The van der Waals surface area contributed by atoms with Gasteiger partial charge in [-0.3, -0.25) is 4.79 Å². The molecule has 0 aliphatic rings. The Morgan fingerprint density at radius 1 is 1.21 bits per heavy atom. The molecule has 0 radical (unpaired) electrons. The van der Waals surface area contributed by atoms with Gasteiger partial charge >= 0.3 is 0 Å². The lowest BCUT2D eigenvalue weighted by Crippen LogP contribution is -2.53. The highest BCUT2D eigenvalue weighted by atomic mass is 16.5. The van der Waals surface area contributed by atoms with E-state index in [0.29, 0.717) is 11.5 Å². The van der Waals surface area contributed by atoms with Crippen molar-refractivity contribution >= 4 is 5.91 Å². The van der Waals surface area contributed by atoms with Gasteiger partial charge in [-0.05, 0) is 31.2 Å². The lowest BCUT2D eigenvalue weighted by Gasteiger charge is -2.26. The molecular formula is C13H19NO5. The van der Waals surface area contributed by atoms with E-state index < -0.39 is 11.4 Å². The summed E-state index contributed by atoms with van der Waals surface area (Å²) in [5.41, 5.74) is -1.04. The molecule has 0 bridgehead atoms. The molecule has 6 nitrogen and oxygen atoms in total. The Hall–Kier alpha value is -1.79. The number of rotatable bonds is 7. The van der Waals surface area contributed by atoms with Crippen LogP contribution in [0.1, 0.15) is 6.92 Å². The highest BCUT2D eigenvalue weighted by Gasteiger charge is 2.24. The maximum absolute atomic E-state index is 11.6. The molecule has 1 aromatic carbocycles. The Bertz CT molecular complexity index is 400. The minimum Gasteiger partial charge on any atom is -0.497 e. The predicted octanol–water partition coefficient (Wildman–Crippen LogP) is -0.0665. The Morgan fingerprint density at radius 3 is 2.21 bits per heavy atom. The second kappa shape index (κ2) is 6.96. The number of amides is 1. The maximum Gasteiger partial charge on any atom is 0.258 e. The molecule has 0 spiro atoms. The van der Waals surface area contributed by atoms with Crippen molar-refractivity contribution in [3.8, 4) is 11.5 Å². The second-order valence-corrected chi connectivity index (χ2v) is 4.39. The van der Waals surface area contributed by atoms with Gasteiger partial charge in [0.15, 0.2) is 6.61 Å². The van der Waals surface area contributed by atoms with Gasteiger partial charge in [-0.15, -0.1) is 0 Å². The Kier molecular flexibility index (Phi) is 5.59. The number of ether oxygens (including phenoxy) is 2. The fourth-order valence-corrected chi connectivity index (χ4v) is 1.32. The minimum absolute atomic E-state index is 0.193. The number of hydrogen-bond donors (Lipinski definition) is 3. The third-order valence-electron chi connectivity index (χ3n) is 2.57. The zero-order chi connectivity index (χ0) is 14.3. The molecule has 3 N–H and O–H groups in total. The van der Waals surface area contributed by atoms with E-state index in [1.165, 1.54) is 6.92 Å². The highest BCUT2D eigenvalue weighted by Crippen LogP contribution is 2.16. The van der Waals surface area contributed by atoms with Crippen LogP contribution in [-0.2, 0) is 4.79 Å². The van der Waals surface area contributed by atoms with Crippen molar-refractivity contribution in [2.45, 2.75) is 12.5 Å². The van der Waals surface area contributed by atoms with Gasteiger partial charge in [0.25, 0.3) is 5.91 Å². The minimum atomic E-state index is -1.04. The summed E-state index contributed by atoms with van der Waals surface area (Å²) in [6, 6.07) is 6.81. The number of carbonyl (C=O) groups excluding carboxylic acids is 1. The Balaban J connectivity index is 2.45. The van der Waals surface area contributed by atoms with Crippen LogP contribution in [0.25, 0.3) is 0 Å². The van der Waals surface area contributed by atoms with Crippen molar-refractivity contribution in [2.24, 2.45) is 0 Å². The maximum atomic E-state index is 11.6. The summed E-state index contributed by atoms with van der Waals surface area (Å²) in [5, 5.41) is 20.6. The van der Waals surface area contributed by atoms with E-state index in [1.54, 1.807) is 31.4 Å². The smallest absolute Gasteiger partial charge is 0.258 e. The first-order valence-corrected chi connectivity index (χ1v) is 5.82. The molecule has 1 rings (SSSR count). The molecule has 0 aliphatic carbocycles. The molecule has 0 fully saturated rings. The first-order chi connectivity index (χ1) is 9.03. The monoisotopic (exact) mass is 269 g/mol. The number of nitrogens with one attached hydrogen (secondary N) is 1. The van der Waals surface area contributed by atoms with Gasteiger partial charge in [0, 0.05) is 0 Å². The summed E-state index contributed by atoms with van der Waals surface area (Å²) in [6.07, 6.45) is 0. The van der Waals surface area contributed by atoms with Crippen LogP contribution in [0.2, 0.25) is 0 Å². The molecule has 0 atom stereocenters. The van der Waals surface area contributed by atoms with E-state index in [0.717, 1.165) is 0 Å². The second-order valence-electron chi connectivity index (χ2n) is 4.39. The van der Waals surface area contributed by atoms with E-state index in [2.05, 4.69) is 5.32 Å². The van der Waals surface area contributed by atoms with Crippen LogP contribution >= 0.6 is 0 Å². The van der Waals surface area contributed by atoms with E-state index in [9.17, 15) is 4.79 Å². The van der Waals surface area contributed by atoms with Crippen molar-refractivity contribution in [2.75, 3.05) is 26.9 Å². The predicted molar refractivity (Wildman–Crippen MR) is 69.2 cm³/mol. The number of benzene rings is 1. The molecule has 1 aromatic rings. The number of methoxy groups -OCH3 is 1. The molecule has 0 saturated heterocycles. The summed E-state index contributed by atoms with van der Waals surface area (Å²) < 4.78 is 10.3. The normalized spacial score (nSPS) is 10.9. The van der Waals surface area contributed by atoms with Gasteiger partial charge in [0.05, 0.1) is 25.9 Å². The average Bonchev–Trinajstić information content (AvgIpc) is 2.45. The van der Waals surface area contributed by atoms with Gasteiger partial charge in [0.2, 0.25) is 0 Å². The van der Waals surface area contributed by atoms with E-state index in [4.69, 9.17) is 19.7 Å². The standard InChI is InChI=1S/C13H19NO5/c1-13(8-15,9-16)14-12(17)7-19-11-5-3-10(18-2)4-6-11/h3-6,15-16H,7-9H2,1-2H3,(H,14,17). The van der Waals surface area contributed by atoms with E-state index in [1.807, 2.05) is 0 Å². The summed E-state index contributed by atoms with van der Waals surface area (Å²) >= 11 is 0. The van der Waals surface area contributed by atoms with Crippen LogP contribution < -0.4 is 14.8 Å².